The molecular formula is C19H21N3O5S. The molecule has 9 heteroatoms. The molecule has 0 saturated heterocycles. The van der Waals surface area contributed by atoms with Gasteiger partial charge in [0, 0.05) is 25.7 Å². The van der Waals surface area contributed by atoms with Crippen LogP contribution in [-0.4, -0.2) is 38.5 Å². The predicted molar refractivity (Wildman–Crippen MR) is 103 cm³/mol. The second kappa shape index (κ2) is 6.84. The van der Waals surface area contributed by atoms with Gasteiger partial charge in [0.1, 0.15) is 4.90 Å². The SMILES string of the molecule is CON(C)S(=O)(=O)c1cc([N+](=O)[O-])ccc1NCC1C2Cc3ccccc3C12. The van der Waals surface area contributed by atoms with Crippen LogP contribution >= 0.6 is 0 Å². The highest BCUT2D eigenvalue weighted by atomic mass is 32.2. The van der Waals surface area contributed by atoms with Crippen LogP contribution in [0.2, 0.25) is 0 Å². The molecule has 0 heterocycles. The fourth-order valence-electron chi connectivity index (χ4n) is 4.21. The molecule has 148 valence electrons. The Morgan fingerprint density at radius 2 is 2.04 bits per heavy atom. The molecule has 2 aliphatic rings. The first-order valence-corrected chi connectivity index (χ1v) is 10.4. The lowest BCUT2D eigenvalue weighted by Gasteiger charge is -2.18. The minimum atomic E-state index is -4.03. The summed E-state index contributed by atoms with van der Waals surface area (Å²) in [7, 11) is -1.55. The maximum Gasteiger partial charge on any atom is 0.270 e. The molecule has 1 N–H and O–H groups in total. The van der Waals surface area contributed by atoms with Crippen molar-refractivity contribution in [2.75, 3.05) is 26.0 Å². The van der Waals surface area contributed by atoms with E-state index in [0.717, 1.165) is 12.5 Å². The van der Waals surface area contributed by atoms with Crippen LogP contribution in [0.1, 0.15) is 17.0 Å². The molecule has 2 aromatic carbocycles. The number of hydroxylamine groups is 1. The molecule has 4 rings (SSSR count). The molecule has 0 bridgehead atoms. The van der Waals surface area contributed by atoms with E-state index in [9.17, 15) is 18.5 Å². The molecule has 8 nitrogen and oxygen atoms in total. The second-order valence-corrected chi connectivity index (χ2v) is 9.08. The first-order valence-electron chi connectivity index (χ1n) is 8.97. The van der Waals surface area contributed by atoms with E-state index in [1.54, 1.807) is 0 Å². The number of sulfonamides is 1. The number of nitro groups is 1. The summed E-state index contributed by atoms with van der Waals surface area (Å²) in [6.45, 7) is 0.612. The summed E-state index contributed by atoms with van der Waals surface area (Å²) in [6, 6.07) is 12.2. The standard InChI is InChI=1S/C19H21N3O5S/c1-21(27-2)28(25,26)18-10-13(22(23)24)7-8-17(18)20-11-16-15-9-12-5-3-4-6-14(12)19(15)16/h3-8,10,15-16,19-20H,9,11H2,1-2H3. The van der Waals surface area contributed by atoms with Crippen LogP contribution in [0.15, 0.2) is 47.4 Å². The zero-order chi connectivity index (χ0) is 20.1. The Labute approximate surface area is 163 Å². The van der Waals surface area contributed by atoms with Crippen LogP contribution in [0.25, 0.3) is 0 Å². The Bertz CT molecular complexity index is 1040. The van der Waals surface area contributed by atoms with Gasteiger partial charge in [-0.1, -0.05) is 28.7 Å². The number of nitrogens with one attached hydrogen (secondary N) is 1. The zero-order valence-electron chi connectivity index (χ0n) is 15.5. The number of fused-ring (bicyclic) bond motifs is 3. The fourth-order valence-corrected chi connectivity index (χ4v) is 5.37. The van der Waals surface area contributed by atoms with Gasteiger partial charge in [-0.05, 0) is 41.4 Å². The molecule has 0 spiro atoms. The van der Waals surface area contributed by atoms with Crippen LogP contribution in [-0.2, 0) is 21.3 Å². The maximum absolute atomic E-state index is 12.7. The molecule has 0 amide bonds. The van der Waals surface area contributed by atoms with Gasteiger partial charge in [-0.25, -0.2) is 8.42 Å². The van der Waals surface area contributed by atoms with Gasteiger partial charge in [0.15, 0.2) is 0 Å². The van der Waals surface area contributed by atoms with Crippen molar-refractivity contribution in [3.8, 4) is 0 Å². The highest BCUT2D eigenvalue weighted by molar-refractivity contribution is 7.89. The van der Waals surface area contributed by atoms with Crippen LogP contribution < -0.4 is 5.32 Å². The second-order valence-electron chi connectivity index (χ2n) is 7.17. The van der Waals surface area contributed by atoms with Crippen LogP contribution in [0.4, 0.5) is 11.4 Å². The largest absolute Gasteiger partial charge is 0.384 e. The Morgan fingerprint density at radius 1 is 1.29 bits per heavy atom. The smallest absolute Gasteiger partial charge is 0.270 e. The Balaban J connectivity index is 1.56. The van der Waals surface area contributed by atoms with E-state index in [1.165, 1.54) is 37.4 Å². The van der Waals surface area contributed by atoms with E-state index in [4.69, 9.17) is 4.84 Å². The minimum Gasteiger partial charge on any atom is -0.384 e. The van der Waals surface area contributed by atoms with E-state index in [1.807, 2.05) is 6.07 Å². The number of nitrogens with zero attached hydrogens (tertiary/aromatic N) is 2. The molecule has 28 heavy (non-hydrogen) atoms. The van der Waals surface area contributed by atoms with Gasteiger partial charge >= 0.3 is 0 Å². The summed E-state index contributed by atoms with van der Waals surface area (Å²) < 4.78 is 26.1. The Kier molecular flexibility index (Phi) is 4.60. The number of rotatable bonds is 7. The normalized spacial score (nSPS) is 22.6. The van der Waals surface area contributed by atoms with Gasteiger partial charge in [-0.2, -0.15) is 0 Å². The molecule has 3 unspecified atom stereocenters. The van der Waals surface area contributed by atoms with Gasteiger partial charge in [0.2, 0.25) is 0 Å². The van der Waals surface area contributed by atoms with Crippen molar-refractivity contribution in [2.45, 2.75) is 17.2 Å². The third-order valence-corrected chi connectivity index (χ3v) is 7.50. The Hall–Kier alpha value is -2.49. The lowest BCUT2D eigenvalue weighted by Crippen LogP contribution is -2.27. The lowest BCUT2D eigenvalue weighted by molar-refractivity contribution is -0.385. The summed E-state index contributed by atoms with van der Waals surface area (Å²) in [4.78, 5) is 15.1. The van der Waals surface area contributed by atoms with Gasteiger partial charge in [0.25, 0.3) is 15.7 Å². The highest BCUT2D eigenvalue weighted by Crippen LogP contribution is 2.61. The summed E-state index contributed by atoms with van der Waals surface area (Å²) in [6.07, 6.45) is 1.05. The van der Waals surface area contributed by atoms with E-state index in [0.29, 0.717) is 34.5 Å². The van der Waals surface area contributed by atoms with Crippen LogP contribution in [0.5, 0.6) is 0 Å². The molecule has 1 fully saturated rings. The van der Waals surface area contributed by atoms with Crippen molar-refractivity contribution in [1.29, 1.82) is 0 Å². The van der Waals surface area contributed by atoms with Gasteiger partial charge in [0.05, 0.1) is 17.7 Å². The lowest BCUT2D eigenvalue weighted by atomic mass is 10.0. The zero-order valence-corrected chi connectivity index (χ0v) is 16.3. The molecule has 3 atom stereocenters. The Morgan fingerprint density at radius 3 is 2.75 bits per heavy atom. The molecular weight excluding hydrogens is 382 g/mol. The number of benzene rings is 2. The fraction of sp³-hybridized carbons (Fsp3) is 0.368. The number of anilines is 1. The quantitative estimate of drug-likeness (QED) is 0.563. The van der Waals surface area contributed by atoms with Crippen molar-refractivity contribution in [1.82, 2.24) is 4.47 Å². The van der Waals surface area contributed by atoms with Gasteiger partial charge < -0.3 is 5.32 Å². The first-order chi connectivity index (χ1) is 13.3. The van der Waals surface area contributed by atoms with E-state index in [2.05, 4.69) is 23.5 Å². The minimum absolute atomic E-state index is 0.169. The molecule has 0 aromatic heterocycles. The van der Waals surface area contributed by atoms with E-state index in [-0.39, 0.29) is 10.6 Å². The molecule has 0 aliphatic heterocycles. The van der Waals surface area contributed by atoms with Crippen LogP contribution in [0.3, 0.4) is 0 Å². The number of non-ortho nitro benzene ring substituents is 1. The molecule has 1 saturated carbocycles. The van der Waals surface area contributed by atoms with E-state index < -0.39 is 14.9 Å². The van der Waals surface area contributed by atoms with Crippen molar-refractivity contribution >= 4 is 21.4 Å². The summed E-state index contributed by atoms with van der Waals surface area (Å²) in [5.74, 6) is 1.51. The molecule has 0 radical (unpaired) electrons. The van der Waals surface area contributed by atoms with E-state index >= 15 is 0 Å². The predicted octanol–water partition coefficient (Wildman–Crippen LogP) is 2.77. The number of hydrogen-bond acceptors (Lipinski definition) is 6. The highest BCUT2D eigenvalue weighted by Gasteiger charge is 2.54. The number of nitro benzene ring substituents is 1. The first kappa shape index (κ1) is 18.9. The van der Waals surface area contributed by atoms with Crippen molar-refractivity contribution < 1.29 is 18.2 Å². The number of hydrogen-bond donors (Lipinski definition) is 1. The van der Waals surface area contributed by atoms with Crippen LogP contribution in [0, 0.1) is 22.0 Å². The monoisotopic (exact) mass is 403 g/mol. The van der Waals surface area contributed by atoms with Gasteiger partial charge in [-0.3, -0.25) is 15.0 Å². The summed E-state index contributed by atoms with van der Waals surface area (Å²) in [5.41, 5.74) is 2.84. The third-order valence-electron chi connectivity index (χ3n) is 5.78. The average molecular weight is 403 g/mol. The summed E-state index contributed by atoms with van der Waals surface area (Å²) >= 11 is 0. The van der Waals surface area contributed by atoms with Crippen molar-refractivity contribution in [2.24, 2.45) is 11.8 Å². The average Bonchev–Trinajstić information content (AvgIpc) is 3.23. The van der Waals surface area contributed by atoms with Crippen molar-refractivity contribution in [3.63, 3.8) is 0 Å². The molecule has 2 aromatic rings. The molecule has 2 aliphatic carbocycles. The third kappa shape index (κ3) is 3.05. The maximum atomic E-state index is 12.7. The summed E-state index contributed by atoms with van der Waals surface area (Å²) in [5, 5.41) is 14.3. The topological polar surface area (TPSA) is 102 Å². The van der Waals surface area contributed by atoms with Gasteiger partial charge in [-0.15, -0.1) is 0 Å². The van der Waals surface area contributed by atoms with Crippen molar-refractivity contribution in [3.05, 3.63) is 63.7 Å².